The van der Waals surface area contributed by atoms with E-state index >= 15 is 0 Å². The number of carbonyl (C=O) groups is 2. The fourth-order valence-corrected chi connectivity index (χ4v) is 4.77. The monoisotopic (exact) mass is 444 g/mol. The van der Waals surface area contributed by atoms with Crippen LogP contribution in [-0.4, -0.2) is 51.4 Å². The van der Waals surface area contributed by atoms with Crippen LogP contribution in [0.5, 0.6) is 5.75 Å². The van der Waals surface area contributed by atoms with Gasteiger partial charge in [-0.3, -0.25) is 13.7 Å². The van der Waals surface area contributed by atoms with Gasteiger partial charge in [-0.05, 0) is 36.8 Å². The van der Waals surface area contributed by atoms with E-state index in [-0.39, 0.29) is 12.0 Å². The van der Waals surface area contributed by atoms with Crippen LogP contribution in [0.1, 0.15) is 28.5 Å². The minimum absolute atomic E-state index is 0.220. The zero-order valence-corrected chi connectivity index (χ0v) is 18.5. The third kappa shape index (κ3) is 4.27. The van der Waals surface area contributed by atoms with Crippen LogP contribution in [0.2, 0.25) is 0 Å². The molecule has 1 unspecified atom stereocenters. The summed E-state index contributed by atoms with van der Waals surface area (Å²) >= 11 is 0. The van der Waals surface area contributed by atoms with Gasteiger partial charge < -0.3 is 9.47 Å². The van der Waals surface area contributed by atoms with Crippen molar-refractivity contribution < 1.29 is 27.5 Å². The molecule has 2 aromatic carbocycles. The van der Waals surface area contributed by atoms with Crippen molar-refractivity contribution in [3.05, 3.63) is 60.3 Å². The normalized spacial score (nSPS) is 12.4. The topological polar surface area (TPSA) is 94.9 Å². The average molecular weight is 445 g/mol. The SMILES string of the molecule is CCC(C(=O)n1cc(C(=O)OC)c2ccccc21)N(c1ccc(OC)cc1)S(C)(=O)=O. The van der Waals surface area contributed by atoms with Crippen LogP contribution in [0.3, 0.4) is 0 Å². The van der Waals surface area contributed by atoms with Crippen molar-refractivity contribution in [2.75, 3.05) is 24.8 Å². The van der Waals surface area contributed by atoms with E-state index in [2.05, 4.69) is 0 Å². The van der Waals surface area contributed by atoms with Crippen LogP contribution >= 0.6 is 0 Å². The third-order valence-corrected chi connectivity index (χ3v) is 6.17. The molecule has 164 valence electrons. The number of benzene rings is 2. The summed E-state index contributed by atoms with van der Waals surface area (Å²) in [5.41, 5.74) is 1.07. The maximum Gasteiger partial charge on any atom is 0.340 e. The smallest absolute Gasteiger partial charge is 0.340 e. The van der Waals surface area contributed by atoms with E-state index in [0.717, 1.165) is 10.6 Å². The van der Waals surface area contributed by atoms with Crippen molar-refractivity contribution >= 4 is 38.5 Å². The zero-order valence-electron chi connectivity index (χ0n) is 17.7. The molecule has 0 spiro atoms. The zero-order chi connectivity index (χ0) is 22.8. The van der Waals surface area contributed by atoms with Gasteiger partial charge in [0.15, 0.2) is 0 Å². The van der Waals surface area contributed by atoms with E-state index in [9.17, 15) is 18.0 Å². The minimum Gasteiger partial charge on any atom is -0.497 e. The lowest BCUT2D eigenvalue weighted by Crippen LogP contribution is -2.46. The molecule has 0 radical (unpaired) electrons. The fraction of sp³-hybridized carbons (Fsp3) is 0.273. The standard InChI is InChI=1S/C22H24N2O6S/c1-5-19(24(31(4,27)28)15-10-12-16(29-2)13-11-15)21(25)23-14-18(22(26)30-3)17-8-6-7-9-20(17)23/h6-14,19H,5H2,1-4H3. The summed E-state index contributed by atoms with van der Waals surface area (Å²) in [6.07, 6.45) is 2.68. The Balaban J connectivity index is 2.14. The molecular formula is C22H24N2O6S. The molecule has 0 saturated carbocycles. The van der Waals surface area contributed by atoms with E-state index in [1.165, 1.54) is 25.0 Å². The van der Waals surface area contributed by atoms with Crippen LogP contribution in [0.4, 0.5) is 5.69 Å². The first kappa shape index (κ1) is 22.4. The average Bonchev–Trinajstić information content (AvgIpc) is 3.15. The van der Waals surface area contributed by atoms with E-state index in [4.69, 9.17) is 9.47 Å². The number of hydrogen-bond acceptors (Lipinski definition) is 6. The lowest BCUT2D eigenvalue weighted by molar-refractivity contribution is 0.0603. The second-order valence-electron chi connectivity index (χ2n) is 6.94. The summed E-state index contributed by atoms with van der Waals surface area (Å²) in [6, 6.07) is 12.3. The molecule has 1 heterocycles. The maximum atomic E-state index is 13.6. The number of anilines is 1. The van der Waals surface area contributed by atoms with Crippen LogP contribution in [0.25, 0.3) is 10.9 Å². The summed E-state index contributed by atoms with van der Waals surface area (Å²) < 4.78 is 37.8. The molecule has 8 nitrogen and oxygen atoms in total. The van der Waals surface area contributed by atoms with Crippen LogP contribution in [-0.2, 0) is 14.8 Å². The van der Waals surface area contributed by atoms with Gasteiger partial charge in [-0.15, -0.1) is 0 Å². The molecule has 1 aromatic heterocycles. The summed E-state index contributed by atoms with van der Waals surface area (Å²) in [7, 11) is -1.03. The van der Waals surface area contributed by atoms with Crippen molar-refractivity contribution in [3.63, 3.8) is 0 Å². The molecule has 0 aliphatic carbocycles. The van der Waals surface area contributed by atoms with E-state index in [0.29, 0.717) is 22.3 Å². The highest BCUT2D eigenvalue weighted by molar-refractivity contribution is 7.92. The Bertz CT molecular complexity index is 1210. The van der Waals surface area contributed by atoms with Gasteiger partial charge in [0.05, 0.1) is 37.2 Å². The largest absolute Gasteiger partial charge is 0.497 e. The molecule has 3 rings (SSSR count). The number of ether oxygens (including phenoxy) is 2. The highest BCUT2D eigenvalue weighted by Gasteiger charge is 2.33. The summed E-state index contributed by atoms with van der Waals surface area (Å²) in [5.74, 6) is -0.489. The van der Waals surface area contributed by atoms with E-state index in [1.54, 1.807) is 55.5 Å². The lowest BCUT2D eigenvalue weighted by atomic mass is 10.1. The molecule has 0 aliphatic rings. The fourth-order valence-electron chi connectivity index (χ4n) is 3.57. The lowest BCUT2D eigenvalue weighted by Gasteiger charge is -2.30. The van der Waals surface area contributed by atoms with Crippen molar-refractivity contribution in [1.82, 2.24) is 4.57 Å². The second kappa shape index (κ2) is 8.81. The number of hydrogen-bond donors (Lipinski definition) is 0. The van der Waals surface area contributed by atoms with Gasteiger partial charge in [0.2, 0.25) is 10.0 Å². The number of aromatic nitrogens is 1. The Morgan fingerprint density at radius 1 is 1.06 bits per heavy atom. The van der Waals surface area contributed by atoms with Gasteiger partial charge in [0.1, 0.15) is 11.8 Å². The number of sulfonamides is 1. The van der Waals surface area contributed by atoms with Crippen LogP contribution < -0.4 is 9.04 Å². The summed E-state index contributed by atoms with van der Waals surface area (Å²) in [5, 5.41) is 0.549. The Morgan fingerprint density at radius 2 is 1.71 bits per heavy atom. The van der Waals surface area contributed by atoms with Crippen molar-refractivity contribution in [2.24, 2.45) is 0 Å². The molecule has 0 N–H and O–H groups in total. The molecule has 9 heteroatoms. The maximum absolute atomic E-state index is 13.6. The van der Waals surface area contributed by atoms with Gasteiger partial charge in [-0.1, -0.05) is 25.1 Å². The molecule has 31 heavy (non-hydrogen) atoms. The Hall–Kier alpha value is -3.33. The number of nitrogens with zero attached hydrogens (tertiary/aromatic N) is 2. The Morgan fingerprint density at radius 3 is 2.26 bits per heavy atom. The number of esters is 1. The number of carbonyl (C=O) groups excluding carboxylic acids is 2. The number of fused-ring (bicyclic) bond motifs is 1. The van der Waals surface area contributed by atoms with Gasteiger partial charge >= 0.3 is 5.97 Å². The highest BCUT2D eigenvalue weighted by Crippen LogP contribution is 2.28. The summed E-state index contributed by atoms with van der Waals surface area (Å²) in [4.78, 5) is 25.8. The van der Waals surface area contributed by atoms with Crippen molar-refractivity contribution in [1.29, 1.82) is 0 Å². The third-order valence-electron chi connectivity index (χ3n) is 4.99. The van der Waals surface area contributed by atoms with Crippen LogP contribution in [0, 0.1) is 0 Å². The Labute approximate surface area is 181 Å². The number of para-hydroxylation sites is 1. The Kier molecular flexibility index (Phi) is 6.35. The highest BCUT2D eigenvalue weighted by atomic mass is 32.2. The molecule has 3 aromatic rings. The van der Waals surface area contributed by atoms with Gasteiger partial charge in [0.25, 0.3) is 5.91 Å². The van der Waals surface area contributed by atoms with E-state index in [1.807, 2.05) is 0 Å². The quantitative estimate of drug-likeness (QED) is 0.519. The molecule has 0 saturated heterocycles. The molecular weight excluding hydrogens is 420 g/mol. The minimum atomic E-state index is -3.80. The molecule has 1 atom stereocenters. The molecule has 0 bridgehead atoms. The predicted molar refractivity (Wildman–Crippen MR) is 118 cm³/mol. The first-order valence-corrected chi connectivity index (χ1v) is 11.4. The van der Waals surface area contributed by atoms with Crippen molar-refractivity contribution in [2.45, 2.75) is 19.4 Å². The first-order chi connectivity index (χ1) is 14.7. The van der Waals surface area contributed by atoms with Gasteiger partial charge in [0, 0.05) is 11.6 Å². The van der Waals surface area contributed by atoms with Crippen LogP contribution in [0.15, 0.2) is 54.7 Å². The van der Waals surface area contributed by atoms with Gasteiger partial charge in [-0.2, -0.15) is 0 Å². The second-order valence-corrected chi connectivity index (χ2v) is 8.80. The molecule has 0 fully saturated rings. The van der Waals surface area contributed by atoms with E-state index < -0.39 is 27.9 Å². The molecule has 0 aliphatic heterocycles. The number of methoxy groups -OCH3 is 2. The molecule has 0 amide bonds. The number of rotatable bonds is 7. The van der Waals surface area contributed by atoms with Gasteiger partial charge in [-0.25, -0.2) is 13.2 Å². The predicted octanol–water partition coefficient (Wildman–Crippen LogP) is 3.32. The van der Waals surface area contributed by atoms with Crippen molar-refractivity contribution in [3.8, 4) is 5.75 Å². The first-order valence-electron chi connectivity index (χ1n) is 9.59. The summed E-state index contributed by atoms with van der Waals surface area (Å²) in [6.45, 7) is 1.73.